The van der Waals surface area contributed by atoms with Gasteiger partial charge in [0.05, 0.1) is 27.3 Å². The first-order valence-electron chi connectivity index (χ1n) is 19.1. The molecule has 0 radical (unpaired) electrons. The van der Waals surface area contributed by atoms with Gasteiger partial charge in [0, 0.05) is 73.8 Å². The molecule has 7 nitrogen and oxygen atoms in total. The van der Waals surface area contributed by atoms with Crippen LogP contribution in [0.4, 0.5) is 10.1 Å². The van der Waals surface area contributed by atoms with Crippen LogP contribution in [-0.4, -0.2) is 55.7 Å². The number of aliphatic imine (C=N–C) groups is 1. The van der Waals surface area contributed by atoms with Gasteiger partial charge in [-0.15, -0.1) is 0 Å². The van der Waals surface area contributed by atoms with Gasteiger partial charge in [-0.25, -0.2) is 4.39 Å². The maximum atomic E-state index is 14.3. The Labute approximate surface area is 324 Å². The highest BCUT2D eigenvalue weighted by Crippen LogP contribution is 2.39. The van der Waals surface area contributed by atoms with Crippen LogP contribution in [0.3, 0.4) is 0 Å². The number of nitrogens with one attached hydrogen (secondary N) is 1. The Morgan fingerprint density at radius 2 is 1.91 bits per heavy atom. The van der Waals surface area contributed by atoms with Crippen molar-refractivity contribution in [3.8, 4) is 0 Å². The molecule has 10 heteroatoms. The van der Waals surface area contributed by atoms with E-state index in [1.54, 1.807) is 6.08 Å². The van der Waals surface area contributed by atoms with Gasteiger partial charge in [-0.05, 0) is 92.5 Å². The largest absolute Gasteiger partial charge is 0.465 e. The third-order valence-electron chi connectivity index (χ3n) is 11.1. The van der Waals surface area contributed by atoms with Gasteiger partial charge < -0.3 is 25.6 Å². The fraction of sp³-hybridized carbons (Fsp3) is 0.442. The number of carbonyl (C=O) groups is 1. The number of rotatable bonds is 14. The minimum atomic E-state index is -0.727. The van der Waals surface area contributed by atoms with E-state index in [1.165, 1.54) is 36.0 Å². The molecule has 1 aliphatic carbocycles. The van der Waals surface area contributed by atoms with E-state index in [9.17, 15) is 9.18 Å². The van der Waals surface area contributed by atoms with E-state index in [0.29, 0.717) is 28.7 Å². The first-order chi connectivity index (χ1) is 25.6. The molecule has 2 atom stereocenters. The molecule has 3 heterocycles. The van der Waals surface area contributed by atoms with E-state index in [2.05, 4.69) is 52.9 Å². The number of Topliss-reactive ketones (excluding diaryl/α,β-unsaturated/α-hetero) is 1. The molecule has 2 aromatic rings. The van der Waals surface area contributed by atoms with Crippen molar-refractivity contribution in [3.05, 3.63) is 116 Å². The van der Waals surface area contributed by atoms with Gasteiger partial charge in [0.2, 0.25) is 0 Å². The molecule has 1 saturated carbocycles. The summed E-state index contributed by atoms with van der Waals surface area (Å²) in [5.41, 5.74) is 13.4. The topological polar surface area (TPSA) is 83.2 Å². The lowest BCUT2D eigenvalue weighted by atomic mass is 9.87. The Morgan fingerprint density at radius 1 is 1.15 bits per heavy atom. The second kappa shape index (κ2) is 17.5. The number of nitrogens with zero attached hydrogens (tertiary/aromatic N) is 3. The lowest BCUT2D eigenvalue weighted by Crippen LogP contribution is -2.52. The van der Waals surface area contributed by atoms with Crippen LogP contribution in [0.15, 0.2) is 88.4 Å². The zero-order valence-corrected chi connectivity index (χ0v) is 32.7. The first-order valence-corrected chi connectivity index (χ1v) is 19.8. The van der Waals surface area contributed by atoms with Gasteiger partial charge in [-0.2, -0.15) is 0 Å². The first kappa shape index (κ1) is 38.9. The quantitative estimate of drug-likeness (QED) is 0.0864. The van der Waals surface area contributed by atoms with Crippen LogP contribution in [-0.2, 0) is 4.74 Å². The number of hydrogen-bond acceptors (Lipinski definition) is 7. The molecule has 6 rings (SSSR count). The third-order valence-corrected chi connectivity index (χ3v) is 11.8. The number of halogens is 3. The number of hydrogen-bond donors (Lipinski definition) is 2. The predicted molar refractivity (Wildman–Crippen MR) is 217 cm³/mol. The van der Waals surface area contributed by atoms with E-state index in [0.717, 1.165) is 92.8 Å². The van der Waals surface area contributed by atoms with Gasteiger partial charge in [0.15, 0.2) is 12.0 Å². The Balaban J connectivity index is 1.01. The summed E-state index contributed by atoms with van der Waals surface area (Å²) in [6.45, 7) is 15.3. The van der Waals surface area contributed by atoms with E-state index in [-0.39, 0.29) is 22.8 Å². The Kier molecular flexibility index (Phi) is 12.9. The number of anilines is 1. The molecule has 0 bridgehead atoms. The number of ether oxygens (including phenoxy) is 1. The zero-order valence-electron chi connectivity index (χ0n) is 31.1. The SMILES string of the molecule is C=CC(=C\C1=C(CC)N[C@H](c2c(Cl)ccc(F)c2Cl)O1)/C(C=NC1CCN(CC2CN(c3ccc(C(=O)C(C)CC)c(C=C4CCC4)c3)C2)CC1)=C/N. The normalized spacial score (nSPS) is 21.0. The number of carbonyl (C=O) groups excluding carboxylic acids is 1. The molecule has 1 unspecified atom stereocenters. The number of ketones is 1. The summed E-state index contributed by atoms with van der Waals surface area (Å²) in [7, 11) is 0. The lowest BCUT2D eigenvalue weighted by Gasteiger charge is -2.44. The van der Waals surface area contributed by atoms with Crippen LogP contribution in [0.25, 0.3) is 6.08 Å². The van der Waals surface area contributed by atoms with Crippen molar-refractivity contribution in [2.24, 2.45) is 22.6 Å². The van der Waals surface area contributed by atoms with Crippen LogP contribution < -0.4 is 16.0 Å². The minimum Gasteiger partial charge on any atom is -0.465 e. The maximum Gasteiger partial charge on any atom is 0.199 e. The molecule has 3 fully saturated rings. The Hall–Kier alpha value is -3.85. The molecule has 53 heavy (non-hydrogen) atoms. The van der Waals surface area contributed by atoms with Gasteiger partial charge in [-0.3, -0.25) is 9.79 Å². The highest BCUT2D eigenvalue weighted by molar-refractivity contribution is 6.36. The van der Waals surface area contributed by atoms with Crippen molar-refractivity contribution < 1.29 is 13.9 Å². The summed E-state index contributed by atoms with van der Waals surface area (Å²) in [6.07, 6.45) is 15.5. The standard InChI is InChI=1S/C43H52Cl2FN5O2/c1-5-27(4)42(52)35-12-11-34(20-31(35)19-28-9-8-10-28)51-25-29(26-51)24-50-17-15-33(16-18-50)48-23-32(22-47)30(6-2)21-39-38(7-3)49-43(53-39)40-36(44)13-14-37(46)41(40)45/h6,11-14,19-23,27,29,33,43,49H,2,5,7-10,15-18,24-26,47H2,1,3-4H3/b30-21+,32-22+,48-23?/t27?,43-/m0/s1. The third kappa shape index (κ3) is 8.93. The summed E-state index contributed by atoms with van der Waals surface area (Å²) >= 11 is 12.6. The predicted octanol–water partition coefficient (Wildman–Crippen LogP) is 9.80. The molecule has 2 aromatic carbocycles. The Morgan fingerprint density at radius 3 is 2.55 bits per heavy atom. The molecule has 2 saturated heterocycles. The molecular weight excluding hydrogens is 708 g/mol. The van der Waals surface area contributed by atoms with Gasteiger partial charge in [0.1, 0.15) is 11.6 Å². The number of benzene rings is 2. The molecule has 3 N–H and O–H groups in total. The fourth-order valence-corrected chi connectivity index (χ4v) is 7.94. The minimum absolute atomic E-state index is 0.0371. The summed E-state index contributed by atoms with van der Waals surface area (Å²) in [6, 6.07) is 9.36. The molecule has 0 aromatic heterocycles. The highest BCUT2D eigenvalue weighted by Gasteiger charge is 2.32. The zero-order chi connectivity index (χ0) is 37.6. The van der Waals surface area contributed by atoms with E-state index in [4.69, 9.17) is 38.7 Å². The molecule has 4 aliphatic rings. The lowest BCUT2D eigenvalue weighted by molar-refractivity contribution is 0.0927. The van der Waals surface area contributed by atoms with Gasteiger partial charge >= 0.3 is 0 Å². The van der Waals surface area contributed by atoms with E-state index in [1.807, 2.05) is 26.1 Å². The van der Waals surface area contributed by atoms with Crippen molar-refractivity contribution in [2.75, 3.05) is 37.6 Å². The fourth-order valence-electron chi connectivity index (χ4n) is 7.37. The average Bonchev–Trinajstić information content (AvgIpc) is 3.54. The average molecular weight is 761 g/mol. The molecule has 0 amide bonds. The van der Waals surface area contributed by atoms with Crippen molar-refractivity contribution in [3.63, 3.8) is 0 Å². The van der Waals surface area contributed by atoms with Crippen LogP contribution in [0.2, 0.25) is 10.0 Å². The van der Waals surface area contributed by atoms with Crippen molar-refractivity contribution in [2.45, 2.75) is 78.0 Å². The van der Waals surface area contributed by atoms with Crippen LogP contribution >= 0.6 is 23.2 Å². The van der Waals surface area contributed by atoms with Crippen molar-refractivity contribution in [1.82, 2.24) is 10.2 Å². The van der Waals surface area contributed by atoms with Crippen LogP contribution in [0.5, 0.6) is 0 Å². The summed E-state index contributed by atoms with van der Waals surface area (Å²) in [4.78, 5) is 23.1. The second-order valence-corrected chi connectivity index (χ2v) is 15.5. The van der Waals surface area contributed by atoms with Crippen LogP contribution in [0.1, 0.15) is 93.4 Å². The maximum absolute atomic E-state index is 14.3. The summed E-state index contributed by atoms with van der Waals surface area (Å²) in [5.74, 6) is 0.935. The van der Waals surface area contributed by atoms with E-state index >= 15 is 0 Å². The Bertz CT molecular complexity index is 1850. The van der Waals surface area contributed by atoms with Crippen molar-refractivity contribution >= 4 is 47.0 Å². The number of allylic oxidation sites excluding steroid dienone is 6. The summed E-state index contributed by atoms with van der Waals surface area (Å²) in [5, 5.41) is 3.53. The summed E-state index contributed by atoms with van der Waals surface area (Å²) < 4.78 is 20.5. The van der Waals surface area contributed by atoms with E-state index < -0.39 is 12.0 Å². The number of nitrogens with two attached hydrogens (primary N) is 1. The number of likely N-dealkylation sites (tertiary alicyclic amines) is 1. The number of piperidine rings is 1. The van der Waals surface area contributed by atoms with Gasteiger partial charge in [0.25, 0.3) is 0 Å². The van der Waals surface area contributed by atoms with Crippen molar-refractivity contribution in [1.29, 1.82) is 0 Å². The smallest absolute Gasteiger partial charge is 0.199 e. The highest BCUT2D eigenvalue weighted by atomic mass is 35.5. The second-order valence-electron chi connectivity index (χ2n) is 14.7. The molecule has 3 aliphatic heterocycles. The molecule has 282 valence electrons. The van der Waals surface area contributed by atoms with Crippen LogP contribution in [0, 0.1) is 17.7 Å². The monoisotopic (exact) mass is 759 g/mol. The van der Waals surface area contributed by atoms with Gasteiger partial charge in [-0.1, -0.05) is 68.3 Å². The molecular formula is C43H52Cl2FN5O2. The molecule has 0 spiro atoms.